The number of halogens is 2. The van der Waals surface area contributed by atoms with Gasteiger partial charge in [0.05, 0.1) is 22.9 Å². The molecule has 4 nitrogen and oxygen atoms in total. The van der Waals surface area contributed by atoms with Crippen LogP contribution in [0.5, 0.6) is 0 Å². The van der Waals surface area contributed by atoms with Gasteiger partial charge >= 0.3 is 0 Å². The Morgan fingerprint density at radius 2 is 2.23 bits per heavy atom. The van der Waals surface area contributed by atoms with Crippen molar-refractivity contribution in [3.05, 3.63) is 58.3 Å². The van der Waals surface area contributed by atoms with Crippen molar-refractivity contribution < 1.29 is 13.9 Å². The average molecular weight is 435 g/mol. The largest absolute Gasteiger partial charge is 0.376 e. The van der Waals surface area contributed by atoms with Gasteiger partial charge in [-0.1, -0.05) is 33.3 Å². The Balaban J connectivity index is 1.72. The molecule has 1 aliphatic rings. The summed E-state index contributed by atoms with van der Waals surface area (Å²) in [7, 11) is 0. The van der Waals surface area contributed by atoms with Crippen LogP contribution in [0, 0.1) is 5.82 Å². The van der Waals surface area contributed by atoms with Crippen LogP contribution in [0.3, 0.4) is 0 Å². The molecular weight excluding hydrogens is 419 g/mol. The number of aromatic nitrogens is 1. The fourth-order valence-corrected chi connectivity index (χ4v) is 4.42. The van der Waals surface area contributed by atoms with E-state index >= 15 is 0 Å². The molecule has 26 heavy (non-hydrogen) atoms. The zero-order valence-corrected chi connectivity index (χ0v) is 16.2. The van der Waals surface area contributed by atoms with Gasteiger partial charge in [-0.25, -0.2) is 9.37 Å². The number of ether oxygens (including phenoxy) is 1. The molecule has 1 saturated heterocycles. The molecule has 1 unspecified atom stereocenters. The predicted octanol–water partition coefficient (Wildman–Crippen LogP) is 5.02. The zero-order valence-electron chi connectivity index (χ0n) is 13.8. The van der Waals surface area contributed by atoms with Crippen LogP contribution in [-0.2, 0) is 4.74 Å². The number of thiazole rings is 1. The smallest absolute Gasteiger partial charge is 0.260 e. The third kappa shape index (κ3) is 3.65. The summed E-state index contributed by atoms with van der Waals surface area (Å²) in [5.74, 6) is -0.446. The second-order valence-corrected chi connectivity index (χ2v) is 8.09. The normalized spacial score (nSPS) is 16.9. The molecule has 4 rings (SSSR count). The molecule has 2 aromatic carbocycles. The van der Waals surface area contributed by atoms with Crippen molar-refractivity contribution in [2.45, 2.75) is 18.9 Å². The average Bonchev–Trinajstić information content (AvgIpc) is 3.28. The summed E-state index contributed by atoms with van der Waals surface area (Å²) in [5, 5.41) is 0.561. The van der Waals surface area contributed by atoms with Crippen LogP contribution in [0.4, 0.5) is 9.52 Å². The molecule has 3 aromatic rings. The number of anilines is 1. The van der Waals surface area contributed by atoms with Crippen LogP contribution < -0.4 is 4.90 Å². The number of fused-ring (bicyclic) bond motifs is 1. The molecule has 1 amide bonds. The first-order chi connectivity index (χ1) is 12.6. The van der Waals surface area contributed by atoms with Crippen molar-refractivity contribution in [1.29, 1.82) is 0 Å². The zero-order chi connectivity index (χ0) is 18.1. The van der Waals surface area contributed by atoms with Crippen molar-refractivity contribution in [1.82, 2.24) is 4.98 Å². The van der Waals surface area contributed by atoms with Crippen LogP contribution >= 0.6 is 27.3 Å². The minimum absolute atomic E-state index is 0.00477. The number of carbonyl (C=O) groups excluding carboxylic acids is 1. The van der Waals surface area contributed by atoms with Crippen LogP contribution in [-0.4, -0.2) is 30.1 Å². The Morgan fingerprint density at radius 1 is 1.35 bits per heavy atom. The lowest BCUT2D eigenvalue weighted by Gasteiger charge is -2.23. The highest BCUT2D eigenvalue weighted by molar-refractivity contribution is 9.10. The Kier molecular flexibility index (Phi) is 5.02. The van der Waals surface area contributed by atoms with Crippen molar-refractivity contribution in [3.63, 3.8) is 0 Å². The van der Waals surface area contributed by atoms with Crippen molar-refractivity contribution in [3.8, 4) is 0 Å². The summed E-state index contributed by atoms with van der Waals surface area (Å²) in [5.41, 5.74) is 1.26. The molecule has 7 heteroatoms. The van der Waals surface area contributed by atoms with E-state index in [1.807, 2.05) is 12.1 Å². The second kappa shape index (κ2) is 7.42. The van der Waals surface area contributed by atoms with Crippen molar-refractivity contribution >= 4 is 48.5 Å². The standard InChI is InChI=1S/C19H16BrFN2O2S/c20-13-4-1-3-12(9-13)18(24)23(11-15-5-2-8-25-15)19-22-16-7-6-14(21)10-17(16)26-19/h1,3-4,6-7,9-10,15H,2,5,8,11H2. The van der Waals surface area contributed by atoms with Gasteiger partial charge < -0.3 is 4.74 Å². The first-order valence-electron chi connectivity index (χ1n) is 8.35. The maximum absolute atomic E-state index is 13.5. The number of benzene rings is 2. The maximum atomic E-state index is 13.5. The minimum Gasteiger partial charge on any atom is -0.376 e. The summed E-state index contributed by atoms with van der Waals surface area (Å²) in [6.45, 7) is 1.16. The van der Waals surface area contributed by atoms with Gasteiger partial charge in [-0.3, -0.25) is 9.69 Å². The van der Waals surface area contributed by atoms with Gasteiger partial charge in [0.25, 0.3) is 5.91 Å². The lowest BCUT2D eigenvalue weighted by atomic mass is 10.2. The SMILES string of the molecule is O=C(c1cccc(Br)c1)N(CC1CCCO1)c1nc2ccc(F)cc2s1. The van der Waals surface area contributed by atoms with Gasteiger partial charge in [0.15, 0.2) is 5.13 Å². The van der Waals surface area contributed by atoms with E-state index in [9.17, 15) is 9.18 Å². The molecule has 0 bridgehead atoms. The molecule has 0 radical (unpaired) electrons. The third-order valence-electron chi connectivity index (χ3n) is 4.30. The van der Waals surface area contributed by atoms with E-state index in [0.29, 0.717) is 29.4 Å². The first-order valence-corrected chi connectivity index (χ1v) is 9.96. The lowest BCUT2D eigenvalue weighted by molar-refractivity contribution is 0.0917. The molecule has 0 saturated carbocycles. The molecule has 1 atom stereocenters. The fourth-order valence-electron chi connectivity index (χ4n) is 3.02. The number of carbonyl (C=O) groups is 1. The number of nitrogens with zero attached hydrogens (tertiary/aromatic N) is 2. The monoisotopic (exact) mass is 434 g/mol. The molecule has 1 aromatic heterocycles. The van der Waals surface area contributed by atoms with E-state index < -0.39 is 0 Å². The predicted molar refractivity (Wildman–Crippen MR) is 104 cm³/mol. The second-order valence-electron chi connectivity index (χ2n) is 6.17. The summed E-state index contributed by atoms with van der Waals surface area (Å²) >= 11 is 4.73. The van der Waals surface area contributed by atoms with E-state index in [1.54, 1.807) is 23.1 Å². The minimum atomic E-state index is -0.309. The van der Waals surface area contributed by atoms with Crippen LogP contribution in [0.25, 0.3) is 10.2 Å². The van der Waals surface area contributed by atoms with E-state index in [-0.39, 0.29) is 17.8 Å². The van der Waals surface area contributed by atoms with Crippen LogP contribution in [0.2, 0.25) is 0 Å². The summed E-state index contributed by atoms with van der Waals surface area (Å²) in [4.78, 5) is 19.4. The van der Waals surface area contributed by atoms with Crippen LogP contribution in [0.1, 0.15) is 23.2 Å². The molecule has 0 aliphatic carbocycles. The maximum Gasteiger partial charge on any atom is 0.260 e. The Morgan fingerprint density at radius 3 is 3.00 bits per heavy atom. The van der Waals surface area contributed by atoms with Gasteiger partial charge in [-0.2, -0.15) is 0 Å². The van der Waals surface area contributed by atoms with Gasteiger partial charge in [0, 0.05) is 16.6 Å². The molecule has 1 fully saturated rings. The van der Waals surface area contributed by atoms with Crippen LogP contribution in [0.15, 0.2) is 46.9 Å². The van der Waals surface area contributed by atoms with E-state index in [1.165, 1.54) is 23.5 Å². The Bertz CT molecular complexity index is 956. The first kappa shape index (κ1) is 17.6. The highest BCUT2D eigenvalue weighted by atomic mass is 79.9. The Hall–Kier alpha value is -1.83. The summed E-state index contributed by atoms with van der Waals surface area (Å²) in [6.07, 6.45) is 1.91. The van der Waals surface area contributed by atoms with Crippen molar-refractivity contribution in [2.75, 3.05) is 18.1 Å². The molecule has 134 valence electrons. The number of hydrogen-bond acceptors (Lipinski definition) is 4. The molecule has 2 heterocycles. The van der Waals surface area contributed by atoms with Gasteiger partial charge in [0.1, 0.15) is 5.82 Å². The molecule has 1 aliphatic heterocycles. The van der Waals surface area contributed by atoms with Gasteiger partial charge in [0.2, 0.25) is 0 Å². The summed E-state index contributed by atoms with van der Waals surface area (Å²) < 4.78 is 20.8. The Labute approximate surface area is 162 Å². The molecule has 0 N–H and O–H groups in total. The lowest BCUT2D eigenvalue weighted by Crippen LogP contribution is -2.37. The summed E-state index contributed by atoms with van der Waals surface area (Å²) in [6, 6.07) is 11.7. The fraction of sp³-hybridized carbons (Fsp3) is 0.263. The topological polar surface area (TPSA) is 42.4 Å². The van der Waals surface area contributed by atoms with Gasteiger partial charge in [-0.15, -0.1) is 0 Å². The number of amides is 1. The number of hydrogen-bond donors (Lipinski definition) is 0. The molecule has 0 spiro atoms. The quantitative estimate of drug-likeness (QED) is 0.578. The van der Waals surface area contributed by atoms with Crippen molar-refractivity contribution in [2.24, 2.45) is 0 Å². The highest BCUT2D eigenvalue weighted by Crippen LogP contribution is 2.31. The third-order valence-corrected chi connectivity index (χ3v) is 5.83. The number of rotatable bonds is 4. The van der Waals surface area contributed by atoms with E-state index in [4.69, 9.17) is 4.74 Å². The van der Waals surface area contributed by atoms with E-state index in [0.717, 1.165) is 22.0 Å². The highest BCUT2D eigenvalue weighted by Gasteiger charge is 2.27. The van der Waals surface area contributed by atoms with Gasteiger partial charge in [-0.05, 0) is 49.2 Å². The molecular formula is C19H16BrFN2O2S. The van der Waals surface area contributed by atoms with E-state index in [2.05, 4.69) is 20.9 Å².